The zero-order valence-corrected chi connectivity index (χ0v) is 11.1. The molecule has 2 aromatic rings. The maximum absolute atomic E-state index is 5.42. The maximum Gasteiger partial charge on any atom is 0.121 e. The van der Waals surface area contributed by atoms with E-state index >= 15 is 0 Å². The van der Waals surface area contributed by atoms with E-state index in [4.69, 9.17) is 9.47 Å². The monoisotopic (exact) mass is 258 g/mol. The van der Waals surface area contributed by atoms with Gasteiger partial charge in [-0.3, -0.25) is 0 Å². The Balaban J connectivity index is 2.02. The number of methoxy groups -OCH3 is 1. The predicted molar refractivity (Wildman–Crippen MR) is 75.4 cm³/mol. The smallest absolute Gasteiger partial charge is 0.121 e. The number of morpholine rings is 1. The summed E-state index contributed by atoms with van der Waals surface area (Å²) in [5.74, 6) is 0.876. The van der Waals surface area contributed by atoms with E-state index in [2.05, 4.69) is 34.0 Å². The van der Waals surface area contributed by atoms with Gasteiger partial charge in [-0.2, -0.15) is 0 Å². The van der Waals surface area contributed by atoms with Crippen molar-refractivity contribution in [1.82, 2.24) is 4.57 Å². The minimum absolute atomic E-state index is 0.789. The summed E-state index contributed by atoms with van der Waals surface area (Å²) >= 11 is 0. The van der Waals surface area contributed by atoms with Crippen molar-refractivity contribution in [2.45, 2.75) is 0 Å². The summed E-state index contributed by atoms with van der Waals surface area (Å²) in [5.41, 5.74) is 2.37. The lowest BCUT2D eigenvalue weighted by Crippen LogP contribution is -2.36. The molecule has 1 aliphatic heterocycles. The summed E-state index contributed by atoms with van der Waals surface area (Å²) in [6.07, 6.45) is 4.11. The van der Waals surface area contributed by atoms with Crippen LogP contribution >= 0.6 is 0 Å². The minimum atomic E-state index is 0.789. The van der Waals surface area contributed by atoms with E-state index in [0.717, 1.165) is 37.7 Å². The van der Waals surface area contributed by atoms with E-state index in [1.54, 1.807) is 7.11 Å². The number of anilines is 1. The second-order valence-electron chi connectivity index (χ2n) is 4.54. The first-order valence-electron chi connectivity index (χ1n) is 6.52. The van der Waals surface area contributed by atoms with Crippen LogP contribution in [0.25, 0.3) is 5.69 Å². The van der Waals surface area contributed by atoms with Gasteiger partial charge in [0.1, 0.15) is 5.75 Å². The molecular formula is C15H18N2O2. The van der Waals surface area contributed by atoms with Gasteiger partial charge >= 0.3 is 0 Å². The summed E-state index contributed by atoms with van der Waals surface area (Å²) in [6.45, 7) is 3.44. The number of benzene rings is 1. The summed E-state index contributed by atoms with van der Waals surface area (Å²) in [7, 11) is 1.70. The number of aromatic nitrogens is 1. The van der Waals surface area contributed by atoms with Gasteiger partial charge in [0, 0.05) is 31.5 Å². The molecule has 0 saturated carbocycles. The molecule has 1 saturated heterocycles. The first-order valence-corrected chi connectivity index (χ1v) is 6.52. The van der Waals surface area contributed by atoms with E-state index in [1.165, 1.54) is 5.69 Å². The fourth-order valence-corrected chi connectivity index (χ4v) is 2.40. The lowest BCUT2D eigenvalue weighted by atomic mass is 10.2. The van der Waals surface area contributed by atoms with Crippen LogP contribution in [0.3, 0.4) is 0 Å². The molecule has 1 fully saturated rings. The highest BCUT2D eigenvalue weighted by Gasteiger charge is 2.16. The SMILES string of the molecule is COc1ccc(N2CCOCC2)c(-n2cccc2)c1. The van der Waals surface area contributed by atoms with Gasteiger partial charge in [-0.25, -0.2) is 0 Å². The normalized spacial score (nSPS) is 15.5. The second-order valence-corrected chi connectivity index (χ2v) is 4.54. The van der Waals surface area contributed by atoms with E-state index < -0.39 is 0 Å². The van der Waals surface area contributed by atoms with E-state index in [-0.39, 0.29) is 0 Å². The average Bonchev–Trinajstić information content (AvgIpc) is 3.01. The zero-order chi connectivity index (χ0) is 13.1. The highest BCUT2D eigenvalue weighted by Crippen LogP contribution is 2.29. The number of hydrogen-bond acceptors (Lipinski definition) is 3. The highest BCUT2D eigenvalue weighted by molar-refractivity contribution is 5.65. The fraction of sp³-hybridized carbons (Fsp3) is 0.333. The first kappa shape index (κ1) is 12.1. The Morgan fingerprint density at radius 1 is 1.05 bits per heavy atom. The summed E-state index contributed by atoms with van der Waals surface area (Å²) in [5, 5.41) is 0. The van der Waals surface area contributed by atoms with Crippen LogP contribution in [-0.2, 0) is 4.74 Å². The Labute approximate surface area is 113 Å². The van der Waals surface area contributed by atoms with Crippen molar-refractivity contribution >= 4 is 5.69 Å². The summed E-state index contributed by atoms with van der Waals surface area (Å²) in [6, 6.07) is 10.3. The highest BCUT2D eigenvalue weighted by atomic mass is 16.5. The topological polar surface area (TPSA) is 26.6 Å². The molecule has 1 aliphatic rings. The molecule has 0 atom stereocenters. The molecule has 3 rings (SSSR count). The fourth-order valence-electron chi connectivity index (χ4n) is 2.40. The minimum Gasteiger partial charge on any atom is -0.497 e. The van der Waals surface area contributed by atoms with Crippen LogP contribution in [0, 0.1) is 0 Å². The van der Waals surface area contributed by atoms with E-state index in [1.807, 2.05) is 18.2 Å². The summed E-state index contributed by atoms with van der Waals surface area (Å²) in [4.78, 5) is 2.36. The Morgan fingerprint density at radius 2 is 1.79 bits per heavy atom. The predicted octanol–water partition coefficient (Wildman–Crippen LogP) is 2.32. The molecule has 100 valence electrons. The number of ether oxygens (including phenoxy) is 2. The molecule has 4 heteroatoms. The Kier molecular flexibility index (Phi) is 3.42. The van der Waals surface area contributed by atoms with Gasteiger partial charge in [-0.15, -0.1) is 0 Å². The number of rotatable bonds is 3. The van der Waals surface area contributed by atoms with Crippen LogP contribution in [0.2, 0.25) is 0 Å². The first-order chi connectivity index (χ1) is 9.38. The van der Waals surface area contributed by atoms with E-state index in [0.29, 0.717) is 0 Å². The third kappa shape index (κ3) is 2.44. The molecule has 1 aromatic carbocycles. The third-order valence-electron chi connectivity index (χ3n) is 3.42. The van der Waals surface area contributed by atoms with Gasteiger partial charge in [0.2, 0.25) is 0 Å². The Bertz CT molecular complexity index is 531. The van der Waals surface area contributed by atoms with Crippen molar-refractivity contribution in [3.8, 4) is 11.4 Å². The van der Waals surface area contributed by atoms with Crippen LogP contribution in [0.5, 0.6) is 5.75 Å². The zero-order valence-electron chi connectivity index (χ0n) is 11.1. The molecular weight excluding hydrogens is 240 g/mol. The van der Waals surface area contributed by atoms with Crippen LogP contribution < -0.4 is 9.64 Å². The van der Waals surface area contributed by atoms with Crippen molar-refractivity contribution in [1.29, 1.82) is 0 Å². The molecule has 0 aliphatic carbocycles. The van der Waals surface area contributed by atoms with Crippen molar-refractivity contribution in [3.05, 3.63) is 42.7 Å². The van der Waals surface area contributed by atoms with Gasteiger partial charge in [0.15, 0.2) is 0 Å². The van der Waals surface area contributed by atoms with Crippen molar-refractivity contribution in [3.63, 3.8) is 0 Å². The quantitative estimate of drug-likeness (QED) is 0.845. The van der Waals surface area contributed by atoms with Gasteiger partial charge in [-0.1, -0.05) is 0 Å². The number of nitrogens with zero attached hydrogens (tertiary/aromatic N) is 2. The lowest BCUT2D eigenvalue weighted by Gasteiger charge is -2.30. The van der Waals surface area contributed by atoms with E-state index in [9.17, 15) is 0 Å². The van der Waals surface area contributed by atoms with Crippen LogP contribution in [0.15, 0.2) is 42.7 Å². The molecule has 0 unspecified atom stereocenters. The maximum atomic E-state index is 5.42. The molecule has 1 aromatic heterocycles. The molecule has 0 radical (unpaired) electrons. The van der Waals surface area contributed by atoms with Gasteiger partial charge in [0.05, 0.1) is 31.7 Å². The standard InChI is InChI=1S/C15H18N2O2/c1-18-13-4-5-14(17-8-10-19-11-9-17)15(12-13)16-6-2-3-7-16/h2-7,12H,8-11H2,1H3. The average molecular weight is 258 g/mol. The lowest BCUT2D eigenvalue weighted by molar-refractivity contribution is 0.122. The van der Waals surface area contributed by atoms with Crippen molar-refractivity contribution < 1.29 is 9.47 Å². The molecule has 0 spiro atoms. The third-order valence-corrected chi connectivity index (χ3v) is 3.42. The molecule has 0 amide bonds. The largest absolute Gasteiger partial charge is 0.497 e. The van der Waals surface area contributed by atoms with Crippen LogP contribution in [0.1, 0.15) is 0 Å². The van der Waals surface area contributed by atoms with Crippen LogP contribution in [0.4, 0.5) is 5.69 Å². The number of hydrogen-bond donors (Lipinski definition) is 0. The summed E-state index contributed by atoms with van der Waals surface area (Å²) < 4.78 is 12.9. The molecule has 2 heterocycles. The molecule has 4 nitrogen and oxygen atoms in total. The van der Waals surface area contributed by atoms with Crippen molar-refractivity contribution in [2.24, 2.45) is 0 Å². The Morgan fingerprint density at radius 3 is 2.47 bits per heavy atom. The molecule has 0 bridgehead atoms. The molecule has 0 N–H and O–H groups in total. The van der Waals surface area contributed by atoms with Gasteiger partial charge < -0.3 is 18.9 Å². The van der Waals surface area contributed by atoms with Crippen molar-refractivity contribution in [2.75, 3.05) is 38.3 Å². The Hall–Kier alpha value is -1.94. The van der Waals surface area contributed by atoms with Crippen LogP contribution in [-0.4, -0.2) is 38.0 Å². The van der Waals surface area contributed by atoms with Gasteiger partial charge in [0.25, 0.3) is 0 Å². The molecule has 19 heavy (non-hydrogen) atoms. The second kappa shape index (κ2) is 5.36. The van der Waals surface area contributed by atoms with Gasteiger partial charge in [-0.05, 0) is 24.3 Å².